The highest BCUT2D eigenvalue weighted by Crippen LogP contribution is 2.29. The van der Waals surface area contributed by atoms with Gasteiger partial charge in [-0.05, 0) is 36.1 Å². The molecule has 0 aliphatic rings. The minimum Gasteiger partial charge on any atom is -0.465 e. The molecule has 110 valence electrons. The second-order valence-electron chi connectivity index (χ2n) is 5.24. The van der Waals surface area contributed by atoms with Gasteiger partial charge in [-0.2, -0.15) is 0 Å². The van der Waals surface area contributed by atoms with E-state index in [-0.39, 0.29) is 5.97 Å². The van der Waals surface area contributed by atoms with Crippen LogP contribution >= 0.6 is 0 Å². The van der Waals surface area contributed by atoms with Gasteiger partial charge in [-0.15, -0.1) is 0 Å². The number of anilines is 2. The topological polar surface area (TPSA) is 51.2 Å². The summed E-state index contributed by atoms with van der Waals surface area (Å²) < 4.78 is 4.73. The number of para-hydroxylation sites is 1. The molecule has 0 spiro atoms. The van der Waals surface area contributed by atoms with E-state index in [1.165, 1.54) is 12.7 Å². The maximum atomic E-state index is 11.6. The minimum atomic E-state index is -0.366. The van der Waals surface area contributed by atoms with Crippen LogP contribution in [-0.4, -0.2) is 18.1 Å². The van der Waals surface area contributed by atoms with Crippen molar-refractivity contribution in [2.24, 2.45) is 0 Å². The number of ether oxygens (including phenoxy) is 1. The Morgan fingerprint density at radius 1 is 1.29 bits per heavy atom. The molecule has 0 saturated heterocycles. The third-order valence-electron chi connectivity index (χ3n) is 3.36. The summed E-state index contributed by atoms with van der Waals surface area (Å²) in [5, 5.41) is 3.32. The number of methoxy groups -OCH3 is 1. The zero-order chi connectivity index (χ0) is 15.4. The third kappa shape index (κ3) is 3.40. The molecule has 1 heterocycles. The van der Waals surface area contributed by atoms with Gasteiger partial charge >= 0.3 is 5.97 Å². The summed E-state index contributed by atoms with van der Waals surface area (Å²) >= 11 is 0. The molecular formula is C17H20N2O2. The van der Waals surface area contributed by atoms with E-state index in [9.17, 15) is 4.79 Å². The molecule has 1 aromatic heterocycles. The molecule has 0 aliphatic carbocycles. The number of benzene rings is 1. The highest BCUT2D eigenvalue weighted by Gasteiger charge is 2.11. The molecule has 4 heteroatoms. The predicted octanol–water partition coefficient (Wildman–Crippen LogP) is 4.04. The molecule has 0 bridgehead atoms. The van der Waals surface area contributed by atoms with Crippen molar-refractivity contribution < 1.29 is 9.53 Å². The lowest BCUT2D eigenvalue weighted by Gasteiger charge is -2.17. The van der Waals surface area contributed by atoms with Gasteiger partial charge in [0.05, 0.1) is 12.7 Å². The number of pyridine rings is 1. The van der Waals surface area contributed by atoms with Crippen LogP contribution in [0.25, 0.3) is 0 Å². The molecular weight excluding hydrogens is 264 g/mol. The third-order valence-corrected chi connectivity index (χ3v) is 3.36. The van der Waals surface area contributed by atoms with Crippen LogP contribution in [0, 0.1) is 6.92 Å². The van der Waals surface area contributed by atoms with Crippen LogP contribution in [-0.2, 0) is 4.74 Å². The van der Waals surface area contributed by atoms with Crippen LogP contribution in [0.2, 0.25) is 0 Å². The highest BCUT2D eigenvalue weighted by molar-refractivity contribution is 5.90. The summed E-state index contributed by atoms with van der Waals surface area (Å²) in [6, 6.07) is 9.54. The zero-order valence-corrected chi connectivity index (χ0v) is 12.8. The van der Waals surface area contributed by atoms with E-state index in [2.05, 4.69) is 43.2 Å². The summed E-state index contributed by atoms with van der Waals surface area (Å²) in [7, 11) is 1.37. The number of carbonyl (C=O) groups is 1. The van der Waals surface area contributed by atoms with E-state index in [1.807, 2.05) is 6.07 Å². The fraction of sp³-hybridized carbons (Fsp3) is 0.294. The first-order chi connectivity index (χ1) is 10.0. The average Bonchev–Trinajstić information content (AvgIpc) is 2.48. The monoisotopic (exact) mass is 284 g/mol. The Labute approximate surface area is 125 Å². The number of nitrogens with one attached hydrogen (secondary N) is 1. The van der Waals surface area contributed by atoms with Crippen molar-refractivity contribution in [3.8, 4) is 0 Å². The predicted molar refractivity (Wildman–Crippen MR) is 84.1 cm³/mol. The Kier molecular flexibility index (Phi) is 4.58. The number of aromatic nitrogens is 1. The Morgan fingerprint density at radius 2 is 2.05 bits per heavy atom. The first kappa shape index (κ1) is 15.0. The van der Waals surface area contributed by atoms with Crippen molar-refractivity contribution in [1.82, 2.24) is 4.98 Å². The average molecular weight is 284 g/mol. The minimum absolute atomic E-state index is 0.366. The van der Waals surface area contributed by atoms with Gasteiger partial charge in [-0.3, -0.25) is 0 Å². The maximum Gasteiger partial charge on any atom is 0.338 e. The first-order valence-corrected chi connectivity index (χ1v) is 6.94. The molecule has 21 heavy (non-hydrogen) atoms. The van der Waals surface area contributed by atoms with Crippen molar-refractivity contribution in [1.29, 1.82) is 0 Å². The van der Waals surface area contributed by atoms with Crippen LogP contribution in [0.5, 0.6) is 0 Å². The maximum absolute atomic E-state index is 11.6. The normalized spacial score (nSPS) is 10.5. The largest absolute Gasteiger partial charge is 0.465 e. The van der Waals surface area contributed by atoms with Crippen molar-refractivity contribution >= 4 is 17.5 Å². The Balaban J connectivity index is 2.37. The number of carbonyl (C=O) groups excluding carboxylic acids is 1. The number of aryl methyl sites for hydroxylation is 1. The molecule has 0 fully saturated rings. The van der Waals surface area contributed by atoms with Gasteiger partial charge in [-0.25, -0.2) is 9.78 Å². The lowest BCUT2D eigenvalue weighted by molar-refractivity contribution is 0.0600. The van der Waals surface area contributed by atoms with Crippen molar-refractivity contribution in [2.45, 2.75) is 26.7 Å². The van der Waals surface area contributed by atoms with Gasteiger partial charge in [0.2, 0.25) is 0 Å². The standard InChI is InChI=1S/C17H20N2O2/c1-11(2)14-7-5-6-12(3)16(14)19-15-10-13(8-9-18-15)17(20)21-4/h5-11H,1-4H3,(H,18,19). The Bertz CT molecular complexity index is 651. The second kappa shape index (κ2) is 6.39. The summed E-state index contributed by atoms with van der Waals surface area (Å²) in [5.41, 5.74) is 3.89. The molecule has 1 aromatic carbocycles. The SMILES string of the molecule is COC(=O)c1ccnc(Nc2c(C)cccc2C(C)C)c1. The lowest BCUT2D eigenvalue weighted by atomic mass is 9.98. The van der Waals surface area contributed by atoms with E-state index in [0.717, 1.165) is 11.3 Å². The van der Waals surface area contributed by atoms with Crippen LogP contribution in [0.15, 0.2) is 36.5 Å². The van der Waals surface area contributed by atoms with Crippen molar-refractivity contribution in [3.63, 3.8) is 0 Å². The molecule has 2 rings (SSSR count). The van der Waals surface area contributed by atoms with Gasteiger partial charge in [0, 0.05) is 11.9 Å². The van der Waals surface area contributed by atoms with Gasteiger partial charge in [-0.1, -0.05) is 32.0 Å². The lowest BCUT2D eigenvalue weighted by Crippen LogP contribution is -2.05. The smallest absolute Gasteiger partial charge is 0.338 e. The van der Waals surface area contributed by atoms with Crippen LogP contribution in [0.1, 0.15) is 41.3 Å². The molecule has 0 radical (unpaired) electrons. The van der Waals surface area contributed by atoms with Crippen LogP contribution in [0.4, 0.5) is 11.5 Å². The van der Waals surface area contributed by atoms with Crippen LogP contribution in [0.3, 0.4) is 0 Å². The number of rotatable bonds is 4. The Morgan fingerprint density at radius 3 is 2.71 bits per heavy atom. The summed E-state index contributed by atoms with van der Waals surface area (Å²) in [6.45, 7) is 6.36. The van der Waals surface area contributed by atoms with E-state index in [0.29, 0.717) is 17.3 Å². The highest BCUT2D eigenvalue weighted by atomic mass is 16.5. The molecule has 0 aliphatic heterocycles. The number of esters is 1. The summed E-state index contributed by atoms with van der Waals surface area (Å²) in [6.07, 6.45) is 1.60. The summed E-state index contributed by atoms with van der Waals surface area (Å²) in [5.74, 6) is 0.666. The van der Waals surface area contributed by atoms with Crippen molar-refractivity contribution in [3.05, 3.63) is 53.2 Å². The molecule has 0 unspecified atom stereocenters. The number of hydrogen-bond acceptors (Lipinski definition) is 4. The molecule has 4 nitrogen and oxygen atoms in total. The number of nitrogens with zero attached hydrogens (tertiary/aromatic N) is 1. The fourth-order valence-corrected chi connectivity index (χ4v) is 2.21. The molecule has 0 saturated carbocycles. The van der Waals surface area contributed by atoms with Gasteiger partial charge in [0.15, 0.2) is 0 Å². The van der Waals surface area contributed by atoms with E-state index >= 15 is 0 Å². The Hall–Kier alpha value is -2.36. The van der Waals surface area contributed by atoms with Crippen LogP contribution < -0.4 is 5.32 Å². The van der Waals surface area contributed by atoms with Gasteiger partial charge in [0.25, 0.3) is 0 Å². The quantitative estimate of drug-likeness (QED) is 0.861. The summed E-state index contributed by atoms with van der Waals surface area (Å²) in [4.78, 5) is 15.9. The zero-order valence-electron chi connectivity index (χ0n) is 12.8. The molecule has 2 aromatic rings. The van der Waals surface area contributed by atoms with Gasteiger partial charge < -0.3 is 10.1 Å². The van der Waals surface area contributed by atoms with E-state index in [1.54, 1.807) is 18.3 Å². The second-order valence-corrected chi connectivity index (χ2v) is 5.24. The molecule has 0 amide bonds. The molecule has 1 N–H and O–H groups in total. The number of hydrogen-bond donors (Lipinski definition) is 1. The van der Waals surface area contributed by atoms with E-state index in [4.69, 9.17) is 4.74 Å². The molecule has 0 atom stereocenters. The fourth-order valence-electron chi connectivity index (χ4n) is 2.21. The van der Waals surface area contributed by atoms with Gasteiger partial charge in [0.1, 0.15) is 5.82 Å². The van der Waals surface area contributed by atoms with Crippen molar-refractivity contribution in [2.75, 3.05) is 12.4 Å². The van der Waals surface area contributed by atoms with E-state index < -0.39 is 0 Å². The first-order valence-electron chi connectivity index (χ1n) is 6.94.